The fourth-order valence-corrected chi connectivity index (χ4v) is 4.26. The number of nitrogens with two attached hydrogens (primary N) is 1. The molecular formula is C11H20N4O2S. The number of aromatic nitrogens is 2. The molecule has 7 heteroatoms. The maximum absolute atomic E-state index is 12.5. The van der Waals surface area contributed by atoms with Gasteiger partial charge in [-0.3, -0.25) is 5.10 Å². The molecule has 0 aromatic carbocycles. The second kappa shape index (κ2) is 5.27. The molecule has 0 aliphatic carbocycles. The highest BCUT2D eigenvalue weighted by Gasteiger charge is 2.34. The predicted octanol–water partition coefficient (Wildman–Crippen LogP) is 1.34. The van der Waals surface area contributed by atoms with Crippen LogP contribution in [0.15, 0.2) is 11.1 Å². The van der Waals surface area contributed by atoms with Crippen molar-refractivity contribution in [2.45, 2.75) is 50.0 Å². The molecule has 1 aliphatic heterocycles. The first-order chi connectivity index (χ1) is 8.57. The van der Waals surface area contributed by atoms with Gasteiger partial charge < -0.3 is 5.73 Å². The van der Waals surface area contributed by atoms with Crippen LogP contribution in [0.25, 0.3) is 0 Å². The summed E-state index contributed by atoms with van der Waals surface area (Å²) in [6.07, 6.45) is 6.12. The highest BCUT2D eigenvalue weighted by Crippen LogP contribution is 2.29. The Bertz CT molecular complexity index is 495. The summed E-state index contributed by atoms with van der Waals surface area (Å²) in [5.41, 5.74) is 5.63. The molecule has 1 aromatic heterocycles. The summed E-state index contributed by atoms with van der Waals surface area (Å²) in [7, 11) is -3.51. The third kappa shape index (κ3) is 2.37. The molecule has 6 nitrogen and oxygen atoms in total. The van der Waals surface area contributed by atoms with Gasteiger partial charge in [0.1, 0.15) is 10.7 Å². The zero-order valence-corrected chi connectivity index (χ0v) is 11.4. The molecule has 1 unspecified atom stereocenters. The lowest BCUT2D eigenvalue weighted by atomic mass is 10.0. The molecule has 3 N–H and O–H groups in total. The first-order valence-corrected chi connectivity index (χ1v) is 7.82. The van der Waals surface area contributed by atoms with Crippen molar-refractivity contribution in [2.75, 3.05) is 12.3 Å². The van der Waals surface area contributed by atoms with Gasteiger partial charge in [-0.05, 0) is 19.3 Å². The number of rotatable bonds is 4. The van der Waals surface area contributed by atoms with Crippen LogP contribution in [0.1, 0.15) is 39.0 Å². The Hall–Kier alpha value is -1.08. The lowest BCUT2D eigenvalue weighted by Crippen LogP contribution is -2.43. The Balaban J connectivity index is 2.30. The standard InChI is InChI=1S/C11H20N4O2S/c1-2-5-9-6-3-4-7-15(9)18(16,17)10-8-13-14-11(10)12/h8-9H,2-7H2,1H3,(H3,12,13,14). The number of aromatic amines is 1. The van der Waals surface area contributed by atoms with Gasteiger partial charge in [0.25, 0.3) is 0 Å². The average molecular weight is 272 g/mol. The number of nitrogens with one attached hydrogen (secondary N) is 1. The van der Waals surface area contributed by atoms with Gasteiger partial charge in [0.2, 0.25) is 10.0 Å². The van der Waals surface area contributed by atoms with Crippen LogP contribution in [0.3, 0.4) is 0 Å². The van der Waals surface area contributed by atoms with Gasteiger partial charge in [-0.2, -0.15) is 9.40 Å². The summed E-state index contributed by atoms with van der Waals surface area (Å²) in [6, 6.07) is 0.100. The van der Waals surface area contributed by atoms with E-state index in [0.717, 1.165) is 32.1 Å². The monoisotopic (exact) mass is 272 g/mol. The molecule has 1 aromatic rings. The van der Waals surface area contributed by atoms with Crippen molar-refractivity contribution in [1.29, 1.82) is 0 Å². The molecule has 1 aliphatic rings. The molecule has 0 radical (unpaired) electrons. The summed E-state index contributed by atoms with van der Waals surface area (Å²) in [5, 5.41) is 6.18. The first kappa shape index (κ1) is 13.4. The van der Waals surface area contributed by atoms with E-state index >= 15 is 0 Å². The number of piperidine rings is 1. The van der Waals surface area contributed by atoms with E-state index in [9.17, 15) is 8.42 Å². The molecule has 18 heavy (non-hydrogen) atoms. The first-order valence-electron chi connectivity index (χ1n) is 6.38. The van der Waals surface area contributed by atoms with Crippen molar-refractivity contribution in [3.05, 3.63) is 6.20 Å². The Morgan fingerprint density at radius 1 is 1.56 bits per heavy atom. The van der Waals surface area contributed by atoms with Gasteiger partial charge >= 0.3 is 0 Å². The van der Waals surface area contributed by atoms with Crippen LogP contribution in [0.4, 0.5) is 5.82 Å². The Kier molecular flexibility index (Phi) is 3.91. The number of nitrogen functional groups attached to an aromatic ring is 1. The second-order valence-electron chi connectivity index (χ2n) is 4.70. The SMILES string of the molecule is CCCC1CCCCN1S(=O)(=O)c1cn[nH]c1N. The van der Waals surface area contributed by atoms with Gasteiger partial charge in [-0.25, -0.2) is 8.42 Å². The Labute approximate surface area is 108 Å². The maximum atomic E-state index is 12.5. The van der Waals surface area contributed by atoms with Crippen molar-refractivity contribution < 1.29 is 8.42 Å². The topological polar surface area (TPSA) is 92.1 Å². The molecule has 2 rings (SSSR count). The van der Waals surface area contributed by atoms with Gasteiger partial charge in [-0.1, -0.05) is 19.8 Å². The lowest BCUT2D eigenvalue weighted by Gasteiger charge is -2.34. The minimum Gasteiger partial charge on any atom is -0.383 e. The minimum atomic E-state index is -3.51. The lowest BCUT2D eigenvalue weighted by molar-refractivity contribution is 0.239. The van der Waals surface area contributed by atoms with Crippen LogP contribution in [0.5, 0.6) is 0 Å². The van der Waals surface area contributed by atoms with Crippen LogP contribution < -0.4 is 5.73 Å². The van der Waals surface area contributed by atoms with Crippen molar-refractivity contribution in [1.82, 2.24) is 14.5 Å². The molecule has 1 atom stereocenters. The van der Waals surface area contributed by atoms with Gasteiger partial charge in [0.05, 0.1) is 6.20 Å². The third-order valence-corrected chi connectivity index (χ3v) is 5.39. The smallest absolute Gasteiger partial charge is 0.248 e. The van der Waals surface area contributed by atoms with E-state index in [1.54, 1.807) is 4.31 Å². The fourth-order valence-electron chi connectivity index (χ4n) is 2.53. The van der Waals surface area contributed by atoms with Gasteiger partial charge in [0, 0.05) is 12.6 Å². The summed E-state index contributed by atoms with van der Waals surface area (Å²) < 4.78 is 26.7. The summed E-state index contributed by atoms with van der Waals surface area (Å²) in [5.74, 6) is 0.121. The number of hydrogen-bond acceptors (Lipinski definition) is 4. The molecule has 0 amide bonds. The Morgan fingerprint density at radius 3 is 2.94 bits per heavy atom. The molecule has 0 saturated carbocycles. The van der Waals surface area contributed by atoms with E-state index in [4.69, 9.17) is 5.73 Å². The largest absolute Gasteiger partial charge is 0.383 e. The zero-order chi connectivity index (χ0) is 13.2. The number of sulfonamides is 1. The Morgan fingerprint density at radius 2 is 2.33 bits per heavy atom. The summed E-state index contributed by atoms with van der Waals surface area (Å²) in [4.78, 5) is 0.102. The molecule has 0 bridgehead atoms. The number of anilines is 1. The normalized spacial score (nSPS) is 22.2. The van der Waals surface area contributed by atoms with Crippen LogP contribution >= 0.6 is 0 Å². The molecule has 0 spiro atoms. The number of H-pyrrole nitrogens is 1. The van der Waals surface area contributed by atoms with Crippen LogP contribution in [0.2, 0.25) is 0 Å². The third-order valence-electron chi connectivity index (χ3n) is 3.41. The summed E-state index contributed by atoms with van der Waals surface area (Å²) in [6.45, 7) is 2.66. The van der Waals surface area contributed by atoms with Crippen molar-refractivity contribution in [3.63, 3.8) is 0 Å². The van der Waals surface area contributed by atoms with E-state index in [0.29, 0.717) is 6.54 Å². The highest BCUT2D eigenvalue weighted by atomic mass is 32.2. The molecule has 102 valence electrons. The van der Waals surface area contributed by atoms with Gasteiger partial charge in [0.15, 0.2) is 0 Å². The number of hydrogen-bond donors (Lipinski definition) is 2. The fraction of sp³-hybridized carbons (Fsp3) is 0.727. The molecule has 1 fully saturated rings. The summed E-state index contributed by atoms with van der Waals surface area (Å²) >= 11 is 0. The average Bonchev–Trinajstić information content (AvgIpc) is 2.77. The highest BCUT2D eigenvalue weighted by molar-refractivity contribution is 7.89. The van der Waals surface area contributed by atoms with Crippen LogP contribution in [-0.4, -0.2) is 35.5 Å². The van der Waals surface area contributed by atoms with Crippen molar-refractivity contribution in [3.8, 4) is 0 Å². The van der Waals surface area contributed by atoms with Gasteiger partial charge in [-0.15, -0.1) is 0 Å². The number of nitrogens with zero attached hydrogens (tertiary/aromatic N) is 2. The van der Waals surface area contributed by atoms with E-state index in [1.807, 2.05) is 0 Å². The zero-order valence-electron chi connectivity index (χ0n) is 10.6. The van der Waals surface area contributed by atoms with E-state index in [-0.39, 0.29) is 16.8 Å². The van der Waals surface area contributed by atoms with Crippen molar-refractivity contribution >= 4 is 15.8 Å². The molecule has 2 heterocycles. The van der Waals surface area contributed by atoms with E-state index in [1.165, 1.54) is 6.20 Å². The van der Waals surface area contributed by atoms with Crippen LogP contribution in [-0.2, 0) is 10.0 Å². The predicted molar refractivity (Wildman–Crippen MR) is 69.4 cm³/mol. The molecular weight excluding hydrogens is 252 g/mol. The van der Waals surface area contributed by atoms with Crippen LogP contribution in [0, 0.1) is 0 Å². The quantitative estimate of drug-likeness (QED) is 0.865. The second-order valence-corrected chi connectivity index (χ2v) is 6.56. The maximum Gasteiger partial charge on any atom is 0.248 e. The van der Waals surface area contributed by atoms with Crippen molar-refractivity contribution in [2.24, 2.45) is 0 Å². The van der Waals surface area contributed by atoms with E-state index < -0.39 is 10.0 Å². The van der Waals surface area contributed by atoms with E-state index in [2.05, 4.69) is 17.1 Å². The molecule has 1 saturated heterocycles. The minimum absolute atomic E-state index is 0.100.